The summed E-state index contributed by atoms with van der Waals surface area (Å²) < 4.78 is 1.64. The zero-order valence-corrected chi connectivity index (χ0v) is 14.9. The lowest BCUT2D eigenvalue weighted by Gasteiger charge is -2.18. The first-order valence-corrected chi connectivity index (χ1v) is 8.72. The van der Waals surface area contributed by atoms with Gasteiger partial charge in [-0.1, -0.05) is 17.7 Å². The number of nitrogens with zero attached hydrogens (tertiary/aromatic N) is 5. The fourth-order valence-corrected chi connectivity index (χ4v) is 3.18. The Labute approximate surface area is 155 Å². The van der Waals surface area contributed by atoms with Gasteiger partial charge in [0.15, 0.2) is 5.65 Å². The number of fused-ring (bicyclic) bond motifs is 1. The van der Waals surface area contributed by atoms with Crippen LogP contribution < -0.4 is 15.5 Å². The third-order valence-corrected chi connectivity index (χ3v) is 4.83. The summed E-state index contributed by atoms with van der Waals surface area (Å²) >= 11 is 6.09. The van der Waals surface area contributed by atoms with Crippen molar-refractivity contribution < 1.29 is 4.79 Å². The number of anilines is 2. The molecule has 4 rings (SSSR count). The first-order valence-electron chi connectivity index (χ1n) is 8.34. The van der Waals surface area contributed by atoms with Crippen molar-refractivity contribution in [2.24, 2.45) is 0 Å². The zero-order chi connectivity index (χ0) is 18.1. The van der Waals surface area contributed by atoms with Crippen LogP contribution in [-0.4, -0.2) is 45.0 Å². The van der Waals surface area contributed by atoms with E-state index in [4.69, 9.17) is 11.6 Å². The number of amides is 2. The number of urea groups is 1. The van der Waals surface area contributed by atoms with E-state index in [9.17, 15) is 4.79 Å². The highest BCUT2D eigenvalue weighted by atomic mass is 35.5. The molecule has 26 heavy (non-hydrogen) atoms. The molecule has 0 bridgehead atoms. The lowest BCUT2D eigenvalue weighted by Crippen LogP contribution is -2.39. The minimum Gasteiger partial charge on any atom is -0.353 e. The molecule has 0 saturated carbocycles. The molecule has 0 aliphatic carbocycles. The van der Waals surface area contributed by atoms with E-state index in [0.717, 1.165) is 24.3 Å². The fourth-order valence-electron chi connectivity index (χ4n) is 3.00. The van der Waals surface area contributed by atoms with Crippen LogP contribution in [0.2, 0.25) is 5.02 Å². The second-order valence-electron chi connectivity index (χ2n) is 6.32. The summed E-state index contributed by atoms with van der Waals surface area (Å²) in [5.74, 6) is 0.840. The number of aromatic nitrogens is 4. The molecule has 2 N–H and O–H groups in total. The number of hydrogen-bond acceptors (Lipinski definition) is 5. The van der Waals surface area contributed by atoms with E-state index < -0.39 is 0 Å². The zero-order valence-electron chi connectivity index (χ0n) is 14.2. The molecule has 1 saturated heterocycles. The van der Waals surface area contributed by atoms with Gasteiger partial charge in [0.25, 0.3) is 0 Å². The summed E-state index contributed by atoms with van der Waals surface area (Å²) in [5, 5.41) is 18.7. The van der Waals surface area contributed by atoms with E-state index in [2.05, 4.69) is 30.8 Å². The number of carbonyl (C=O) groups is 1. The molecule has 1 unspecified atom stereocenters. The molecule has 2 aromatic heterocycles. The van der Waals surface area contributed by atoms with Crippen LogP contribution in [0, 0.1) is 6.92 Å². The molecule has 2 amide bonds. The van der Waals surface area contributed by atoms with Crippen molar-refractivity contribution in [3.8, 4) is 0 Å². The monoisotopic (exact) mass is 371 g/mol. The number of carbonyl (C=O) groups excluding carboxylic acids is 1. The highest BCUT2D eigenvalue weighted by Crippen LogP contribution is 2.21. The maximum Gasteiger partial charge on any atom is 0.319 e. The number of rotatable bonds is 3. The normalized spacial score (nSPS) is 16.8. The van der Waals surface area contributed by atoms with Crippen LogP contribution in [0.3, 0.4) is 0 Å². The maximum atomic E-state index is 12.2. The molecule has 0 radical (unpaired) electrons. The fraction of sp³-hybridized carbons (Fsp3) is 0.294. The molecule has 1 aromatic carbocycles. The molecule has 3 heterocycles. The Bertz CT molecular complexity index is 957. The van der Waals surface area contributed by atoms with Crippen LogP contribution in [0.1, 0.15) is 12.0 Å². The van der Waals surface area contributed by atoms with Gasteiger partial charge in [0.1, 0.15) is 12.1 Å². The van der Waals surface area contributed by atoms with Gasteiger partial charge in [0.2, 0.25) is 0 Å². The predicted octanol–water partition coefficient (Wildman–Crippen LogP) is 2.49. The Morgan fingerprint density at radius 2 is 2.19 bits per heavy atom. The number of aryl methyl sites for hydroxylation is 1. The second kappa shape index (κ2) is 6.80. The van der Waals surface area contributed by atoms with E-state index >= 15 is 0 Å². The van der Waals surface area contributed by atoms with E-state index in [1.165, 1.54) is 0 Å². The van der Waals surface area contributed by atoms with Crippen LogP contribution in [0.25, 0.3) is 5.65 Å². The van der Waals surface area contributed by atoms with Gasteiger partial charge in [-0.15, -0.1) is 15.3 Å². The lowest BCUT2D eigenvalue weighted by atomic mass is 10.2. The van der Waals surface area contributed by atoms with Crippen molar-refractivity contribution in [2.45, 2.75) is 19.4 Å². The van der Waals surface area contributed by atoms with Crippen LogP contribution in [0.15, 0.2) is 36.7 Å². The van der Waals surface area contributed by atoms with Crippen LogP contribution >= 0.6 is 11.6 Å². The van der Waals surface area contributed by atoms with Crippen molar-refractivity contribution in [3.63, 3.8) is 0 Å². The average Bonchev–Trinajstić information content (AvgIpc) is 3.26. The van der Waals surface area contributed by atoms with Crippen molar-refractivity contribution >= 4 is 34.8 Å². The highest BCUT2D eigenvalue weighted by Gasteiger charge is 2.25. The Kier molecular flexibility index (Phi) is 4.34. The molecule has 3 aromatic rings. The van der Waals surface area contributed by atoms with Gasteiger partial charge in [-0.2, -0.15) is 4.52 Å². The summed E-state index contributed by atoms with van der Waals surface area (Å²) in [6.07, 6.45) is 2.43. The van der Waals surface area contributed by atoms with E-state index in [1.807, 2.05) is 31.2 Å². The van der Waals surface area contributed by atoms with Crippen LogP contribution in [0.5, 0.6) is 0 Å². The molecule has 1 fully saturated rings. The summed E-state index contributed by atoms with van der Waals surface area (Å²) in [7, 11) is 0. The minimum atomic E-state index is -0.237. The number of hydrogen-bond donors (Lipinski definition) is 2. The van der Waals surface area contributed by atoms with Gasteiger partial charge < -0.3 is 15.5 Å². The molecule has 9 heteroatoms. The number of halogens is 1. The molecule has 8 nitrogen and oxygen atoms in total. The van der Waals surface area contributed by atoms with Crippen molar-refractivity contribution in [1.29, 1.82) is 0 Å². The SMILES string of the molecule is Cc1ccc(NC(=O)NC2CCN(c3ccc4nncn4n3)C2)cc1Cl. The summed E-state index contributed by atoms with van der Waals surface area (Å²) in [6, 6.07) is 9.07. The Balaban J connectivity index is 1.36. The predicted molar refractivity (Wildman–Crippen MR) is 99.7 cm³/mol. The van der Waals surface area contributed by atoms with Gasteiger partial charge >= 0.3 is 6.03 Å². The van der Waals surface area contributed by atoms with E-state index in [0.29, 0.717) is 22.9 Å². The second-order valence-corrected chi connectivity index (χ2v) is 6.73. The van der Waals surface area contributed by atoms with Gasteiger partial charge in [0, 0.05) is 29.8 Å². The number of benzene rings is 1. The highest BCUT2D eigenvalue weighted by molar-refractivity contribution is 6.31. The van der Waals surface area contributed by atoms with Gasteiger partial charge in [-0.3, -0.25) is 0 Å². The minimum absolute atomic E-state index is 0.0503. The molecule has 1 aliphatic rings. The van der Waals surface area contributed by atoms with Gasteiger partial charge in [-0.05, 0) is 43.2 Å². The summed E-state index contributed by atoms with van der Waals surface area (Å²) in [4.78, 5) is 14.4. The third kappa shape index (κ3) is 3.41. The molecule has 1 atom stereocenters. The van der Waals surface area contributed by atoms with Crippen LogP contribution in [0.4, 0.5) is 16.3 Å². The average molecular weight is 372 g/mol. The Morgan fingerprint density at radius 1 is 1.31 bits per heavy atom. The molecular formula is C17H18ClN7O. The van der Waals surface area contributed by atoms with Gasteiger partial charge in [-0.25, -0.2) is 4.79 Å². The Morgan fingerprint density at radius 3 is 3.04 bits per heavy atom. The van der Waals surface area contributed by atoms with E-state index in [-0.39, 0.29) is 12.1 Å². The third-order valence-electron chi connectivity index (χ3n) is 4.42. The maximum absolute atomic E-state index is 12.2. The lowest BCUT2D eigenvalue weighted by molar-refractivity contribution is 0.249. The largest absolute Gasteiger partial charge is 0.353 e. The van der Waals surface area contributed by atoms with Crippen LogP contribution in [-0.2, 0) is 0 Å². The first-order chi connectivity index (χ1) is 12.6. The van der Waals surface area contributed by atoms with Crippen molar-refractivity contribution in [3.05, 3.63) is 47.2 Å². The molecule has 134 valence electrons. The molecule has 0 spiro atoms. The Hall–Kier alpha value is -2.87. The molecule has 1 aliphatic heterocycles. The van der Waals surface area contributed by atoms with E-state index in [1.54, 1.807) is 16.9 Å². The summed E-state index contributed by atoms with van der Waals surface area (Å²) in [5.41, 5.74) is 2.35. The first kappa shape index (κ1) is 16.6. The topological polar surface area (TPSA) is 87.5 Å². The van der Waals surface area contributed by atoms with Gasteiger partial charge in [0.05, 0.1) is 0 Å². The quantitative estimate of drug-likeness (QED) is 0.738. The summed E-state index contributed by atoms with van der Waals surface area (Å²) in [6.45, 7) is 3.44. The van der Waals surface area contributed by atoms with Crippen molar-refractivity contribution in [2.75, 3.05) is 23.3 Å². The number of nitrogens with one attached hydrogen (secondary N) is 2. The van der Waals surface area contributed by atoms with Crippen molar-refractivity contribution in [1.82, 2.24) is 25.1 Å². The molecular weight excluding hydrogens is 354 g/mol. The standard InChI is InChI=1S/C17H18ClN7O/c1-11-2-3-12(8-14(11)18)20-17(26)21-13-6-7-24(9-13)16-5-4-15-22-19-10-25(15)23-16/h2-5,8,10,13H,6-7,9H2,1H3,(H2,20,21,26). The smallest absolute Gasteiger partial charge is 0.319 e.